The van der Waals surface area contributed by atoms with Gasteiger partial charge in [0, 0.05) is 17.0 Å². The van der Waals surface area contributed by atoms with Crippen molar-refractivity contribution in [1.82, 2.24) is 0 Å². The van der Waals surface area contributed by atoms with Gasteiger partial charge in [0.2, 0.25) is 0 Å². The Bertz CT molecular complexity index is 859. The second-order valence-corrected chi connectivity index (χ2v) is 6.41. The van der Waals surface area contributed by atoms with Gasteiger partial charge in [-0.15, -0.1) is 11.8 Å². The van der Waals surface area contributed by atoms with Gasteiger partial charge in [-0.25, -0.2) is 4.79 Å². The third kappa shape index (κ3) is 4.74. The molecule has 0 aromatic heterocycles. The number of nitro benzene ring substituents is 1. The van der Waals surface area contributed by atoms with Crippen molar-refractivity contribution in [2.24, 2.45) is 0 Å². The van der Waals surface area contributed by atoms with Crippen LogP contribution in [0.1, 0.15) is 17.3 Å². The number of nitrogens with one attached hydrogen (secondary N) is 1. The first-order chi connectivity index (χ1) is 12.3. The van der Waals surface area contributed by atoms with Gasteiger partial charge in [0.05, 0.1) is 21.2 Å². The van der Waals surface area contributed by atoms with E-state index in [1.165, 1.54) is 30.8 Å². The summed E-state index contributed by atoms with van der Waals surface area (Å²) in [6.07, 6.45) is 0.752. The minimum absolute atomic E-state index is 0.0128. The number of thioether (sulfide) groups is 1. The molecule has 0 aliphatic carbocycles. The molecule has 0 heterocycles. The van der Waals surface area contributed by atoms with Crippen LogP contribution in [0.25, 0.3) is 0 Å². The molecule has 0 spiro atoms. The molecular formula is C17H15ClN2O5S. The molecule has 7 nitrogen and oxygen atoms in total. The molecule has 1 atom stereocenters. The number of carbonyl (C=O) groups excluding carboxylic acids is 2. The molecule has 1 N–H and O–H groups in total. The third-order valence-electron chi connectivity index (χ3n) is 3.40. The number of hydrogen-bond donors (Lipinski definition) is 1. The van der Waals surface area contributed by atoms with E-state index in [0.717, 1.165) is 11.0 Å². The van der Waals surface area contributed by atoms with Gasteiger partial charge in [-0.3, -0.25) is 14.9 Å². The Labute approximate surface area is 158 Å². The summed E-state index contributed by atoms with van der Waals surface area (Å²) in [7, 11) is 0. The van der Waals surface area contributed by atoms with Gasteiger partial charge in [0.25, 0.3) is 11.6 Å². The fourth-order valence-electron chi connectivity index (χ4n) is 2.04. The van der Waals surface area contributed by atoms with Crippen LogP contribution in [0.4, 0.5) is 11.4 Å². The fraction of sp³-hybridized carbons (Fsp3) is 0.176. The fourth-order valence-corrected chi connectivity index (χ4v) is 2.85. The highest BCUT2D eigenvalue weighted by Gasteiger charge is 2.21. The Hall–Kier alpha value is -2.58. The van der Waals surface area contributed by atoms with E-state index in [0.29, 0.717) is 5.56 Å². The minimum Gasteiger partial charge on any atom is -0.449 e. The van der Waals surface area contributed by atoms with Crippen LogP contribution in [0, 0.1) is 10.1 Å². The lowest BCUT2D eigenvalue weighted by Crippen LogP contribution is -2.30. The number of anilines is 1. The van der Waals surface area contributed by atoms with Crippen molar-refractivity contribution >= 4 is 46.6 Å². The molecule has 0 radical (unpaired) electrons. The van der Waals surface area contributed by atoms with Gasteiger partial charge < -0.3 is 10.1 Å². The Morgan fingerprint density at radius 1 is 1.27 bits per heavy atom. The molecule has 2 rings (SSSR count). The third-order valence-corrected chi connectivity index (χ3v) is 4.51. The van der Waals surface area contributed by atoms with Crippen molar-refractivity contribution in [2.45, 2.75) is 17.9 Å². The topological polar surface area (TPSA) is 98.5 Å². The summed E-state index contributed by atoms with van der Waals surface area (Å²) in [5.41, 5.74) is 0.365. The molecule has 0 saturated carbocycles. The van der Waals surface area contributed by atoms with Crippen molar-refractivity contribution in [2.75, 3.05) is 11.6 Å². The molecule has 1 unspecified atom stereocenters. The molecule has 26 heavy (non-hydrogen) atoms. The predicted octanol–water partition coefficient (Wildman–Crippen LogP) is 4.15. The number of non-ortho nitro benzene ring substituents is 1. The van der Waals surface area contributed by atoms with Crippen LogP contribution in [-0.2, 0) is 9.53 Å². The number of nitrogens with zero attached hydrogens (tertiary/aromatic N) is 1. The number of amides is 1. The van der Waals surface area contributed by atoms with E-state index in [9.17, 15) is 19.7 Å². The summed E-state index contributed by atoms with van der Waals surface area (Å²) < 4.78 is 5.20. The van der Waals surface area contributed by atoms with Crippen LogP contribution in [0.5, 0.6) is 0 Å². The first kappa shape index (κ1) is 19.7. The molecule has 136 valence electrons. The highest BCUT2D eigenvalue weighted by Crippen LogP contribution is 2.27. The number of esters is 1. The lowest BCUT2D eigenvalue weighted by atomic mass is 10.2. The number of halogens is 1. The molecule has 9 heteroatoms. The molecular weight excluding hydrogens is 380 g/mol. The van der Waals surface area contributed by atoms with Gasteiger partial charge in [-0.05, 0) is 31.4 Å². The Morgan fingerprint density at radius 3 is 2.58 bits per heavy atom. The predicted molar refractivity (Wildman–Crippen MR) is 99.8 cm³/mol. The summed E-state index contributed by atoms with van der Waals surface area (Å²) in [4.78, 5) is 35.3. The van der Waals surface area contributed by atoms with Crippen molar-refractivity contribution in [3.8, 4) is 0 Å². The smallest absolute Gasteiger partial charge is 0.340 e. The summed E-state index contributed by atoms with van der Waals surface area (Å²) in [5, 5.41) is 13.2. The Balaban J connectivity index is 2.06. The average molecular weight is 395 g/mol. The zero-order valence-electron chi connectivity index (χ0n) is 13.9. The van der Waals surface area contributed by atoms with Gasteiger partial charge >= 0.3 is 5.97 Å². The molecule has 0 aliphatic heterocycles. The highest BCUT2D eigenvalue weighted by molar-refractivity contribution is 7.98. The largest absolute Gasteiger partial charge is 0.449 e. The van der Waals surface area contributed by atoms with Crippen LogP contribution in [0.15, 0.2) is 47.4 Å². The van der Waals surface area contributed by atoms with Gasteiger partial charge in [0.1, 0.15) is 0 Å². The van der Waals surface area contributed by atoms with Crippen LogP contribution < -0.4 is 5.32 Å². The lowest BCUT2D eigenvalue weighted by molar-refractivity contribution is -0.384. The second kappa shape index (κ2) is 8.68. The summed E-state index contributed by atoms with van der Waals surface area (Å²) in [6.45, 7) is 1.42. The standard InChI is InChI=1S/C17H15ClN2O5S/c1-10(25-17(22)12-5-3-4-6-15(12)26-2)16(21)19-14-8-7-11(20(23)24)9-13(14)18/h3-10H,1-2H3,(H,19,21). The Kier molecular flexibility index (Phi) is 6.59. The molecule has 0 fully saturated rings. The number of carbonyl (C=O) groups is 2. The number of ether oxygens (including phenoxy) is 1. The van der Waals surface area contributed by atoms with E-state index >= 15 is 0 Å². The number of rotatable bonds is 6. The SMILES string of the molecule is CSc1ccccc1C(=O)OC(C)C(=O)Nc1ccc([N+](=O)[O-])cc1Cl. The number of benzene rings is 2. The average Bonchev–Trinajstić information content (AvgIpc) is 2.62. The van der Waals surface area contributed by atoms with Gasteiger partial charge in [-0.2, -0.15) is 0 Å². The highest BCUT2D eigenvalue weighted by atomic mass is 35.5. The molecule has 2 aromatic rings. The maximum absolute atomic E-state index is 12.3. The maximum atomic E-state index is 12.3. The molecule has 0 bridgehead atoms. The van der Waals surface area contributed by atoms with E-state index in [-0.39, 0.29) is 16.4 Å². The van der Waals surface area contributed by atoms with Crippen molar-refractivity contribution in [1.29, 1.82) is 0 Å². The maximum Gasteiger partial charge on any atom is 0.340 e. The van der Waals surface area contributed by atoms with E-state index in [1.807, 2.05) is 6.26 Å². The zero-order valence-corrected chi connectivity index (χ0v) is 15.5. The molecule has 2 aromatic carbocycles. The molecule has 0 aliphatic rings. The van der Waals surface area contributed by atoms with Crippen LogP contribution >= 0.6 is 23.4 Å². The van der Waals surface area contributed by atoms with Gasteiger partial charge in [0.15, 0.2) is 6.10 Å². The van der Waals surface area contributed by atoms with E-state index in [4.69, 9.17) is 16.3 Å². The minimum atomic E-state index is -1.08. The molecule has 1 amide bonds. The van der Waals surface area contributed by atoms with Gasteiger partial charge in [-0.1, -0.05) is 23.7 Å². The second-order valence-electron chi connectivity index (χ2n) is 5.16. The van der Waals surface area contributed by atoms with Crippen LogP contribution in [0.2, 0.25) is 5.02 Å². The van der Waals surface area contributed by atoms with Crippen molar-refractivity contribution in [3.63, 3.8) is 0 Å². The summed E-state index contributed by atoms with van der Waals surface area (Å²) in [6, 6.07) is 10.6. The van der Waals surface area contributed by atoms with E-state index in [1.54, 1.807) is 24.3 Å². The first-order valence-corrected chi connectivity index (χ1v) is 9.02. The van der Waals surface area contributed by atoms with Crippen LogP contribution in [0.3, 0.4) is 0 Å². The lowest BCUT2D eigenvalue weighted by Gasteiger charge is -2.15. The summed E-state index contributed by atoms with van der Waals surface area (Å²) >= 11 is 7.33. The zero-order chi connectivity index (χ0) is 19.3. The first-order valence-electron chi connectivity index (χ1n) is 7.42. The normalized spacial score (nSPS) is 11.5. The van der Waals surface area contributed by atoms with Crippen molar-refractivity contribution in [3.05, 3.63) is 63.2 Å². The number of hydrogen-bond acceptors (Lipinski definition) is 6. The van der Waals surface area contributed by atoms with Crippen molar-refractivity contribution < 1.29 is 19.2 Å². The van der Waals surface area contributed by atoms with Crippen LogP contribution in [-0.4, -0.2) is 29.2 Å². The summed E-state index contributed by atoms with van der Waals surface area (Å²) in [5.74, 6) is -1.22. The quantitative estimate of drug-likeness (QED) is 0.342. The monoisotopic (exact) mass is 394 g/mol. The molecule has 0 saturated heterocycles. The van der Waals surface area contributed by atoms with E-state index in [2.05, 4.69) is 5.32 Å². The van der Waals surface area contributed by atoms with E-state index < -0.39 is 22.9 Å². The number of nitro groups is 1. The Morgan fingerprint density at radius 2 is 1.96 bits per heavy atom.